The highest BCUT2D eigenvalue weighted by molar-refractivity contribution is 6.31. The van der Waals surface area contributed by atoms with E-state index in [1.807, 2.05) is 6.07 Å². The van der Waals surface area contributed by atoms with Gasteiger partial charge in [0, 0.05) is 11.6 Å². The lowest BCUT2D eigenvalue weighted by Crippen LogP contribution is -2.07. The Labute approximate surface area is 89.1 Å². The van der Waals surface area contributed by atoms with E-state index < -0.39 is 6.17 Å². The Bertz CT molecular complexity index is 301. The number of hydrogen-bond donors (Lipinski definition) is 1. The maximum Gasteiger partial charge on any atom is 0.137 e. The minimum absolute atomic E-state index is 0.00343. The first-order valence-electron chi connectivity index (χ1n) is 4.81. The lowest BCUT2D eigenvalue weighted by atomic mass is 10.1. The smallest absolute Gasteiger partial charge is 0.137 e. The molecule has 78 valence electrons. The summed E-state index contributed by atoms with van der Waals surface area (Å²) in [6, 6.07) is 5.31. The van der Waals surface area contributed by atoms with Crippen LogP contribution in [0.25, 0.3) is 0 Å². The number of hydrogen-bond acceptors (Lipinski definition) is 1. The molecule has 0 aliphatic heterocycles. The first kappa shape index (κ1) is 11.5. The summed E-state index contributed by atoms with van der Waals surface area (Å²) in [4.78, 5) is 0. The Balaban J connectivity index is 2.88. The van der Waals surface area contributed by atoms with Crippen LogP contribution in [0.4, 0.5) is 4.39 Å². The van der Waals surface area contributed by atoms with Crippen molar-refractivity contribution in [2.24, 2.45) is 5.73 Å². The first-order chi connectivity index (χ1) is 6.69. The quantitative estimate of drug-likeness (QED) is 0.820. The van der Waals surface area contributed by atoms with E-state index >= 15 is 0 Å². The third-order valence-corrected chi connectivity index (χ3v) is 2.52. The lowest BCUT2D eigenvalue weighted by Gasteiger charge is -2.08. The minimum Gasteiger partial charge on any atom is -0.327 e. The topological polar surface area (TPSA) is 26.0 Å². The van der Waals surface area contributed by atoms with E-state index in [1.165, 1.54) is 0 Å². The SMILES string of the molecule is CCCc1ccc(C(F)CN)cc1Cl. The van der Waals surface area contributed by atoms with E-state index in [4.69, 9.17) is 17.3 Å². The molecule has 1 atom stereocenters. The second kappa shape index (κ2) is 5.32. The highest BCUT2D eigenvalue weighted by atomic mass is 35.5. The highest BCUT2D eigenvalue weighted by Gasteiger charge is 2.09. The van der Waals surface area contributed by atoms with Crippen LogP contribution < -0.4 is 5.73 Å². The summed E-state index contributed by atoms with van der Waals surface area (Å²) < 4.78 is 13.2. The van der Waals surface area contributed by atoms with Crippen molar-refractivity contribution in [1.29, 1.82) is 0 Å². The van der Waals surface area contributed by atoms with Gasteiger partial charge in [-0.15, -0.1) is 0 Å². The molecule has 0 aliphatic rings. The van der Waals surface area contributed by atoms with Gasteiger partial charge in [-0.3, -0.25) is 0 Å². The van der Waals surface area contributed by atoms with E-state index in [9.17, 15) is 4.39 Å². The minimum atomic E-state index is -1.11. The molecule has 0 aromatic heterocycles. The molecule has 0 aliphatic carbocycles. The molecule has 0 bridgehead atoms. The Morgan fingerprint density at radius 1 is 1.50 bits per heavy atom. The van der Waals surface area contributed by atoms with Crippen molar-refractivity contribution in [3.8, 4) is 0 Å². The second-order valence-electron chi connectivity index (χ2n) is 3.30. The van der Waals surface area contributed by atoms with Crippen LogP contribution in [0.1, 0.15) is 30.6 Å². The van der Waals surface area contributed by atoms with Crippen LogP contribution in [0.2, 0.25) is 5.02 Å². The average Bonchev–Trinajstić information content (AvgIpc) is 2.20. The van der Waals surface area contributed by atoms with Crippen molar-refractivity contribution in [3.63, 3.8) is 0 Å². The van der Waals surface area contributed by atoms with Crippen LogP contribution >= 0.6 is 11.6 Å². The predicted octanol–water partition coefficient (Wildman–Crippen LogP) is 3.26. The second-order valence-corrected chi connectivity index (χ2v) is 3.71. The average molecular weight is 216 g/mol. The molecular weight excluding hydrogens is 201 g/mol. The fourth-order valence-electron chi connectivity index (χ4n) is 1.37. The molecule has 1 rings (SSSR count). The number of aryl methyl sites for hydroxylation is 1. The molecule has 0 fully saturated rings. The van der Waals surface area contributed by atoms with Gasteiger partial charge in [0.05, 0.1) is 0 Å². The summed E-state index contributed by atoms with van der Waals surface area (Å²) in [5.74, 6) is 0. The number of nitrogens with two attached hydrogens (primary N) is 1. The zero-order chi connectivity index (χ0) is 10.6. The number of benzene rings is 1. The van der Waals surface area contributed by atoms with Gasteiger partial charge in [-0.2, -0.15) is 0 Å². The van der Waals surface area contributed by atoms with Crippen molar-refractivity contribution < 1.29 is 4.39 Å². The fourth-order valence-corrected chi connectivity index (χ4v) is 1.65. The molecule has 0 spiro atoms. The van der Waals surface area contributed by atoms with Crippen LogP contribution in [0.5, 0.6) is 0 Å². The predicted molar refractivity (Wildman–Crippen MR) is 58.4 cm³/mol. The van der Waals surface area contributed by atoms with Gasteiger partial charge in [0.1, 0.15) is 6.17 Å². The van der Waals surface area contributed by atoms with Crippen molar-refractivity contribution >= 4 is 11.6 Å². The van der Waals surface area contributed by atoms with Crippen LogP contribution in [0.15, 0.2) is 18.2 Å². The van der Waals surface area contributed by atoms with Gasteiger partial charge < -0.3 is 5.73 Å². The maximum atomic E-state index is 13.2. The molecule has 0 heterocycles. The normalized spacial score (nSPS) is 12.9. The van der Waals surface area contributed by atoms with Crippen molar-refractivity contribution in [2.75, 3.05) is 6.54 Å². The molecule has 0 amide bonds. The van der Waals surface area contributed by atoms with Gasteiger partial charge in [0.2, 0.25) is 0 Å². The summed E-state index contributed by atoms with van der Waals surface area (Å²) in [5.41, 5.74) is 6.87. The third-order valence-electron chi connectivity index (χ3n) is 2.17. The third kappa shape index (κ3) is 2.69. The van der Waals surface area contributed by atoms with Crippen molar-refractivity contribution in [3.05, 3.63) is 34.3 Å². The van der Waals surface area contributed by atoms with Gasteiger partial charge in [-0.05, 0) is 23.6 Å². The highest BCUT2D eigenvalue weighted by Crippen LogP contribution is 2.24. The largest absolute Gasteiger partial charge is 0.327 e. The summed E-state index contributed by atoms with van der Waals surface area (Å²) in [6.07, 6.45) is 0.858. The Morgan fingerprint density at radius 2 is 2.21 bits per heavy atom. The molecule has 1 aromatic rings. The molecule has 1 aromatic carbocycles. The lowest BCUT2D eigenvalue weighted by molar-refractivity contribution is 0.353. The van der Waals surface area contributed by atoms with Gasteiger partial charge in [0.25, 0.3) is 0 Å². The van der Waals surface area contributed by atoms with Crippen molar-refractivity contribution in [1.82, 2.24) is 0 Å². The Morgan fingerprint density at radius 3 is 2.71 bits per heavy atom. The first-order valence-corrected chi connectivity index (χ1v) is 5.19. The molecule has 0 saturated carbocycles. The van der Waals surface area contributed by atoms with E-state index in [0.717, 1.165) is 18.4 Å². The molecule has 1 unspecified atom stereocenters. The molecule has 2 N–H and O–H groups in total. The maximum absolute atomic E-state index is 13.2. The molecular formula is C11H15ClFN. The Kier molecular flexibility index (Phi) is 4.36. The molecule has 1 nitrogen and oxygen atoms in total. The van der Waals surface area contributed by atoms with Gasteiger partial charge in [-0.1, -0.05) is 37.1 Å². The molecule has 3 heteroatoms. The number of halogens is 2. The van der Waals surface area contributed by atoms with Crippen molar-refractivity contribution in [2.45, 2.75) is 25.9 Å². The summed E-state index contributed by atoms with van der Waals surface area (Å²) >= 11 is 6.00. The van der Waals surface area contributed by atoms with E-state index in [2.05, 4.69) is 6.92 Å². The number of alkyl halides is 1. The zero-order valence-electron chi connectivity index (χ0n) is 8.26. The van der Waals surface area contributed by atoms with Crippen LogP contribution in [-0.4, -0.2) is 6.54 Å². The summed E-state index contributed by atoms with van der Waals surface area (Å²) in [6.45, 7) is 2.09. The number of rotatable bonds is 4. The standard InChI is InChI=1S/C11H15ClFN/c1-2-3-8-4-5-9(6-10(8)12)11(13)7-14/h4-6,11H,2-3,7,14H2,1H3. The van der Waals surface area contributed by atoms with E-state index in [-0.39, 0.29) is 6.54 Å². The fraction of sp³-hybridized carbons (Fsp3) is 0.455. The van der Waals surface area contributed by atoms with Crippen LogP contribution in [0.3, 0.4) is 0 Å². The van der Waals surface area contributed by atoms with Crippen LogP contribution in [0, 0.1) is 0 Å². The van der Waals surface area contributed by atoms with Gasteiger partial charge in [-0.25, -0.2) is 4.39 Å². The Hall–Kier alpha value is -0.600. The summed E-state index contributed by atoms with van der Waals surface area (Å²) in [7, 11) is 0. The molecule has 0 saturated heterocycles. The van der Waals surface area contributed by atoms with Gasteiger partial charge >= 0.3 is 0 Å². The van der Waals surface area contributed by atoms with E-state index in [0.29, 0.717) is 10.6 Å². The zero-order valence-corrected chi connectivity index (χ0v) is 9.02. The summed E-state index contributed by atoms with van der Waals surface area (Å²) in [5, 5.41) is 0.639. The van der Waals surface area contributed by atoms with Crippen LogP contribution in [-0.2, 0) is 6.42 Å². The van der Waals surface area contributed by atoms with Gasteiger partial charge in [0.15, 0.2) is 0 Å². The molecule has 0 radical (unpaired) electrons. The molecule has 14 heavy (non-hydrogen) atoms. The monoisotopic (exact) mass is 215 g/mol. The van der Waals surface area contributed by atoms with E-state index in [1.54, 1.807) is 12.1 Å².